The molecule has 0 aliphatic carbocycles. The van der Waals surface area contributed by atoms with Crippen LogP contribution in [0.15, 0.2) is 16.8 Å². The average Bonchev–Trinajstić information content (AvgIpc) is 2.87. The van der Waals surface area contributed by atoms with Gasteiger partial charge in [0.15, 0.2) is 0 Å². The second kappa shape index (κ2) is 4.59. The molecule has 0 saturated heterocycles. The van der Waals surface area contributed by atoms with Crippen LogP contribution < -0.4 is 5.32 Å². The lowest BCUT2D eigenvalue weighted by atomic mass is 10.4. The van der Waals surface area contributed by atoms with Crippen LogP contribution in [-0.2, 0) is 13.6 Å². The largest absolute Gasteiger partial charge is 0.337 e. The van der Waals surface area contributed by atoms with Crippen LogP contribution in [0.2, 0.25) is 0 Å². The molecule has 2 aromatic rings. The molecule has 0 saturated carbocycles. The second-order valence-electron chi connectivity index (χ2n) is 3.19. The van der Waals surface area contributed by atoms with E-state index in [9.17, 15) is 0 Å². The van der Waals surface area contributed by atoms with Crippen LogP contribution in [0.4, 0.5) is 0 Å². The lowest BCUT2D eigenvalue weighted by Gasteiger charge is -1.91. The fourth-order valence-electron chi connectivity index (χ4n) is 1.21. The Bertz CT molecular complexity index is 507. The Kier molecular flexibility index (Phi) is 2.98. The molecule has 16 heavy (non-hydrogen) atoms. The quantitative estimate of drug-likeness (QED) is 0.585. The number of aromatic nitrogens is 4. The summed E-state index contributed by atoms with van der Waals surface area (Å²) in [5.74, 6) is 3.44. The van der Waals surface area contributed by atoms with E-state index in [1.54, 1.807) is 4.68 Å². The Labute approximate surface area is 92.7 Å². The maximum Gasteiger partial charge on any atom is 0.240 e. The van der Waals surface area contributed by atoms with Crippen LogP contribution in [0.3, 0.4) is 0 Å². The van der Waals surface area contributed by atoms with Crippen molar-refractivity contribution in [2.75, 3.05) is 6.54 Å². The molecule has 1 N–H and O–H groups in total. The lowest BCUT2D eigenvalue weighted by Crippen LogP contribution is -2.13. The zero-order valence-corrected chi connectivity index (χ0v) is 8.84. The molecule has 82 valence electrons. The molecule has 2 rings (SSSR count). The fourth-order valence-corrected chi connectivity index (χ4v) is 1.21. The molecule has 0 aliphatic rings. The molecule has 0 unspecified atom stereocenters. The molecular weight excluding hydrogens is 206 g/mol. The molecule has 6 nitrogen and oxygen atoms in total. The molecule has 0 aromatic carbocycles. The van der Waals surface area contributed by atoms with Crippen LogP contribution in [0.1, 0.15) is 5.89 Å². The first-order valence-electron chi connectivity index (χ1n) is 4.76. The van der Waals surface area contributed by atoms with Gasteiger partial charge in [-0.15, -0.1) is 6.42 Å². The van der Waals surface area contributed by atoms with E-state index in [1.165, 1.54) is 0 Å². The molecule has 6 heteroatoms. The zero-order valence-electron chi connectivity index (χ0n) is 8.84. The van der Waals surface area contributed by atoms with Crippen molar-refractivity contribution in [3.63, 3.8) is 0 Å². The van der Waals surface area contributed by atoms with E-state index in [0.29, 0.717) is 30.5 Å². The van der Waals surface area contributed by atoms with Crippen molar-refractivity contribution in [2.45, 2.75) is 6.54 Å². The first-order valence-corrected chi connectivity index (χ1v) is 4.76. The van der Waals surface area contributed by atoms with E-state index >= 15 is 0 Å². The Hall–Kier alpha value is -2.13. The number of hydrogen-bond donors (Lipinski definition) is 1. The van der Waals surface area contributed by atoms with E-state index in [1.807, 2.05) is 19.3 Å². The number of rotatable bonds is 4. The highest BCUT2D eigenvalue weighted by molar-refractivity contribution is 5.46. The SMILES string of the molecule is C#CCNCc1nc(-c2ccn(C)n2)no1. The standard InChI is InChI=1S/C10H11N5O/c1-3-5-11-7-9-12-10(14-16-9)8-4-6-15(2)13-8/h1,4,6,11H,5,7H2,2H3. The van der Waals surface area contributed by atoms with Gasteiger partial charge in [0.25, 0.3) is 0 Å². The van der Waals surface area contributed by atoms with Crippen LogP contribution in [0.5, 0.6) is 0 Å². The van der Waals surface area contributed by atoms with Gasteiger partial charge in [0.05, 0.1) is 13.1 Å². The van der Waals surface area contributed by atoms with Crippen LogP contribution in [0.25, 0.3) is 11.5 Å². The highest BCUT2D eigenvalue weighted by Crippen LogP contribution is 2.11. The summed E-state index contributed by atoms with van der Waals surface area (Å²) in [5, 5.41) is 11.0. The maximum absolute atomic E-state index is 5.10. The van der Waals surface area contributed by atoms with Crippen molar-refractivity contribution in [3.8, 4) is 23.9 Å². The van der Waals surface area contributed by atoms with E-state index in [4.69, 9.17) is 10.9 Å². The third kappa shape index (κ3) is 2.27. The summed E-state index contributed by atoms with van der Waals surface area (Å²) >= 11 is 0. The molecule has 0 aliphatic heterocycles. The molecular formula is C10H11N5O. The molecule has 0 atom stereocenters. The minimum atomic E-state index is 0.462. The summed E-state index contributed by atoms with van der Waals surface area (Å²) in [6, 6.07) is 1.82. The normalized spacial score (nSPS) is 10.2. The van der Waals surface area contributed by atoms with E-state index < -0.39 is 0 Å². The van der Waals surface area contributed by atoms with Gasteiger partial charge in [-0.1, -0.05) is 11.1 Å². The van der Waals surface area contributed by atoms with E-state index in [2.05, 4.69) is 26.5 Å². The van der Waals surface area contributed by atoms with Crippen molar-refractivity contribution in [2.24, 2.45) is 7.05 Å². The smallest absolute Gasteiger partial charge is 0.240 e. The summed E-state index contributed by atoms with van der Waals surface area (Å²) in [6.45, 7) is 0.936. The van der Waals surface area contributed by atoms with Crippen LogP contribution in [0, 0.1) is 12.3 Å². The molecule has 0 amide bonds. The van der Waals surface area contributed by atoms with E-state index in [-0.39, 0.29) is 0 Å². The van der Waals surface area contributed by atoms with Gasteiger partial charge in [0, 0.05) is 13.2 Å². The van der Waals surface area contributed by atoms with Gasteiger partial charge in [-0.25, -0.2) is 0 Å². The third-order valence-corrected chi connectivity index (χ3v) is 1.91. The summed E-state index contributed by atoms with van der Waals surface area (Å²) in [4.78, 5) is 4.18. The summed E-state index contributed by atoms with van der Waals surface area (Å²) < 4.78 is 6.72. The predicted octanol–water partition coefficient (Wildman–Crippen LogP) is 0.193. The Balaban J connectivity index is 2.05. The first-order chi connectivity index (χ1) is 7.79. The van der Waals surface area contributed by atoms with Crippen molar-refractivity contribution in [1.29, 1.82) is 0 Å². The average molecular weight is 217 g/mol. The highest BCUT2D eigenvalue weighted by atomic mass is 16.5. The lowest BCUT2D eigenvalue weighted by molar-refractivity contribution is 0.370. The summed E-state index contributed by atoms with van der Waals surface area (Å²) in [7, 11) is 1.83. The fraction of sp³-hybridized carbons (Fsp3) is 0.300. The number of nitrogens with zero attached hydrogens (tertiary/aromatic N) is 4. The van der Waals surface area contributed by atoms with Gasteiger partial charge in [-0.3, -0.25) is 10.00 Å². The number of aryl methyl sites for hydroxylation is 1. The van der Waals surface area contributed by atoms with Gasteiger partial charge in [0.1, 0.15) is 5.69 Å². The first kappa shape index (κ1) is 10.4. The van der Waals surface area contributed by atoms with Gasteiger partial charge in [-0.2, -0.15) is 10.1 Å². The Morgan fingerprint density at radius 2 is 2.50 bits per heavy atom. The summed E-state index contributed by atoms with van der Waals surface area (Å²) in [5.41, 5.74) is 0.689. The molecule has 0 fully saturated rings. The van der Waals surface area contributed by atoms with Gasteiger partial charge in [-0.05, 0) is 6.07 Å². The van der Waals surface area contributed by atoms with Crippen LogP contribution in [-0.4, -0.2) is 26.5 Å². The van der Waals surface area contributed by atoms with Gasteiger partial charge in [0.2, 0.25) is 11.7 Å². The van der Waals surface area contributed by atoms with Crippen molar-refractivity contribution in [1.82, 2.24) is 25.2 Å². The van der Waals surface area contributed by atoms with Gasteiger partial charge >= 0.3 is 0 Å². The molecule has 0 bridgehead atoms. The number of hydrogen-bond acceptors (Lipinski definition) is 5. The van der Waals surface area contributed by atoms with Crippen molar-refractivity contribution in [3.05, 3.63) is 18.2 Å². The Morgan fingerprint density at radius 3 is 3.19 bits per heavy atom. The second-order valence-corrected chi connectivity index (χ2v) is 3.19. The van der Waals surface area contributed by atoms with Crippen molar-refractivity contribution >= 4 is 0 Å². The van der Waals surface area contributed by atoms with Crippen LogP contribution >= 0.6 is 0 Å². The predicted molar refractivity (Wildman–Crippen MR) is 57.0 cm³/mol. The maximum atomic E-state index is 5.10. The number of terminal acetylenes is 1. The Morgan fingerprint density at radius 1 is 1.62 bits per heavy atom. The van der Waals surface area contributed by atoms with Gasteiger partial charge < -0.3 is 4.52 Å². The summed E-state index contributed by atoms with van der Waals surface area (Å²) in [6.07, 6.45) is 6.92. The molecule has 2 heterocycles. The minimum Gasteiger partial charge on any atom is -0.337 e. The van der Waals surface area contributed by atoms with E-state index in [0.717, 1.165) is 0 Å². The topological polar surface area (TPSA) is 68.8 Å². The van der Waals surface area contributed by atoms with Crippen molar-refractivity contribution < 1.29 is 4.52 Å². The zero-order chi connectivity index (χ0) is 11.4. The monoisotopic (exact) mass is 217 g/mol. The number of nitrogens with one attached hydrogen (secondary N) is 1. The molecule has 0 spiro atoms. The molecule has 0 radical (unpaired) electrons. The minimum absolute atomic E-state index is 0.462. The third-order valence-electron chi connectivity index (χ3n) is 1.91. The highest BCUT2D eigenvalue weighted by Gasteiger charge is 2.09. The molecule has 2 aromatic heterocycles.